The third-order valence-corrected chi connectivity index (χ3v) is 8.30. The summed E-state index contributed by atoms with van der Waals surface area (Å²) in [5.41, 5.74) is 6.02. The van der Waals surface area contributed by atoms with Crippen LogP contribution in [-0.4, -0.2) is 51.2 Å². The van der Waals surface area contributed by atoms with Gasteiger partial charge in [0.1, 0.15) is 12.1 Å². The number of thioether (sulfide) groups is 1. The van der Waals surface area contributed by atoms with Crippen molar-refractivity contribution in [2.45, 2.75) is 52.3 Å². The van der Waals surface area contributed by atoms with E-state index in [1.165, 1.54) is 46.4 Å². The molecule has 0 bridgehead atoms. The molecule has 4 aromatic rings. The van der Waals surface area contributed by atoms with Crippen molar-refractivity contribution in [3.8, 4) is 22.8 Å². The Morgan fingerprint density at radius 3 is 2.56 bits per heavy atom. The molecule has 1 saturated heterocycles. The van der Waals surface area contributed by atoms with Crippen LogP contribution in [0, 0.1) is 6.92 Å². The quantitative estimate of drug-likeness (QED) is 0.188. The van der Waals surface area contributed by atoms with Crippen molar-refractivity contribution in [3.63, 3.8) is 0 Å². The highest BCUT2D eigenvalue weighted by Crippen LogP contribution is 2.33. The smallest absolute Gasteiger partial charge is 0.406 e. The molecule has 3 aromatic carbocycles. The van der Waals surface area contributed by atoms with Gasteiger partial charge in [-0.15, -0.1) is 18.3 Å². The minimum Gasteiger partial charge on any atom is -0.406 e. The molecule has 0 spiro atoms. The number of amides is 2. The lowest BCUT2D eigenvalue weighted by atomic mass is 9.98. The molecule has 0 radical (unpaired) electrons. The van der Waals surface area contributed by atoms with E-state index in [1.54, 1.807) is 11.8 Å². The van der Waals surface area contributed by atoms with Gasteiger partial charge in [-0.3, -0.25) is 0 Å². The number of benzene rings is 3. The third-order valence-electron chi connectivity index (χ3n) is 7.24. The fraction of sp³-hybridized carbons (Fsp3) is 0.333. The van der Waals surface area contributed by atoms with Crippen molar-refractivity contribution < 1.29 is 22.7 Å². The molecule has 0 aliphatic carbocycles. The fourth-order valence-corrected chi connectivity index (χ4v) is 5.96. The minimum atomic E-state index is -4.74. The van der Waals surface area contributed by atoms with Crippen LogP contribution in [0.5, 0.6) is 5.75 Å². The lowest BCUT2D eigenvalue weighted by Crippen LogP contribution is -2.36. The second kappa shape index (κ2) is 14.2. The molecule has 0 unspecified atom stereocenters. The molecule has 2 amide bonds. The number of urea groups is 1. The number of nitrogens with one attached hydrogen (secondary N) is 1. The van der Waals surface area contributed by atoms with Crippen LogP contribution in [0.15, 0.2) is 78.0 Å². The van der Waals surface area contributed by atoms with Crippen LogP contribution in [0.4, 0.5) is 23.7 Å². The van der Waals surface area contributed by atoms with Crippen LogP contribution >= 0.6 is 11.8 Å². The van der Waals surface area contributed by atoms with Gasteiger partial charge in [0.05, 0.1) is 5.69 Å². The van der Waals surface area contributed by atoms with E-state index in [2.05, 4.69) is 69.0 Å². The van der Waals surface area contributed by atoms with Gasteiger partial charge in [-0.2, -0.15) is 4.99 Å². The summed E-state index contributed by atoms with van der Waals surface area (Å²) < 4.78 is 42.6. The number of aryl methyl sites for hydroxylation is 2. The van der Waals surface area contributed by atoms with Crippen molar-refractivity contribution in [3.05, 3.63) is 89.7 Å². The van der Waals surface area contributed by atoms with Gasteiger partial charge >= 0.3 is 12.4 Å². The van der Waals surface area contributed by atoms with Crippen molar-refractivity contribution in [2.24, 2.45) is 4.99 Å². The Morgan fingerprint density at radius 1 is 1.09 bits per heavy atom. The molecule has 236 valence electrons. The summed E-state index contributed by atoms with van der Waals surface area (Å²) in [4.78, 5) is 23.7. The normalized spacial score (nSPS) is 14.6. The van der Waals surface area contributed by atoms with E-state index in [-0.39, 0.29) is 11.8 Å². The molecule has 8 nitrogen and oxygen atoms in total. The number of alkyl halides is 3. The van der Waals surface area contributed by atoms with Crippen molar-refractivity contribution in [1.82, 2.24) is 20.1 Å². The second-order valence-corrected chi connectivity index (χ2v) is 12.1. The van der Waals surface area contributed by atoms with Gasteiger partial charge < -0.3 is 15.0 Å². The summed E-state index contributed by atoms with van der Waals surface area (Å²) in [6.45, 7) is 7.78. The molecule has 1 aliphatic rings. The van der Waals surface area contributed by atoms with Gasteiger partial charge in [0.2, 0.25) is 0 Å². The van der Waals surface area contributed by atoms with E-state index in [1.807, 2.05) is 24.3 Å². The number of ether oxygens (including phenoxy) is 1. The number of amidine groups is 1. The highest BCUT2D eigenvalue weighted by Gasteiger charge is 2.31. The molecule has 2 heterocycles. The number of carbonyl (C=O) groups excluding carboxylic acids is 1. The van der Waals surface area contributed by atoms with Crippen LogP contribution in [0.3, 0.4) is 0 Å². The van der Waals surface area contributed by atoms with Gasteiger partial charge in [-0.25, -0.2) is 14.5 Å². The van der Waals surface area contributed by atoms with Crippen molar-refractivity contribution in [2.75, 3.05) is 23.7 Å². The Labute approximate surface area is 264 Å². The zero-order valence-electron chi connectivity index (χ0n) is 25.3. The molecule has 1 aliphatic heterocycles. The highest BCUT2D eigenvalue weighted by molar-refractivity contribution is 8.14. The maximum absolute atomic E-state index is 12.8. The zero-order valence-corrected chi connectivity index (χ0v) is 26.2. The Hall–Kier alpha value is -4.32. The molecule has 1 N–H and O–H groups in total. The zero-order chi connectivity index (χ0) is 32.0. The number of carbonyl (C=O) groups is 1. The number of hydrogen-bond donors (Lipinski definition) is 1. The number of anilines is 1. The maximum atomic E-state index is 12.8. The Morgan fingerprint density at radius 2 is 1.84 bits per heavy atom. The number of aliphatic imine (C=N–C) groups is 1. The van der Waals surface area contributed by atoms with Gasteiger partial charge in [0, 0.05) is 30.1 Å². The number of aromatic nitrogens is 3. The first-order valence-electron chi connectivity index (χ1n) is 14.8. The van der Waals surface area contributed by atoms with E-state index < -0.39 is 6.36 Å². The summed E-state index contributed by atoms with van der Waals surface area (Å²) in [5.74, 6) is 1.49. The third kappa shape index (κ3) is 8.65. The van der Waals surface area contributed by atoms with E-state index in [0.29, 0.717) is 24.0 Å². The van der Waals surface area contributed by atoms with E-state index >= 15 is 0 Å². The van der Waals surface area contributed by atoms with Gasteiger partial charge in [-0.1, -0.05) is 62.0 Å². The molecule has 1 aromatic heterocycles. The van der Waals surface area contributed by atoms with Crippen LogP contribution < -0.4 is 15.0 Å². The van der Waals surface area contributed by atoms with Crippen molar-refractivity contribution in [1.29, 1.82) is 0 Å². The molecule has 12 heteroatoms. The number of rotatable bonds is 9. The van der Waals surface area contributed by atoms with Gasteiger partial charge in [0.25, 0.3) is 0 Å². The fourth-order valence-electron chi connectivity index (χ4n) is 5.01. The van der Waals surface area contributed by atoms with Gasteiger partial charge in [0.15, 0.2) is 11.0 Å². The maximum Gasteiger partial charge on any atom is 0.573 e. The first kappa shape index (κ1) is 32.1. The Balaban J connectivity index is 1.13. The molecule has 1 fully saturated rings. The average Bonchev–Trinajstić information content (AvgIpc) is 3.50. The van der Waals surface area contributed by atoms with Crippen LogP contribution in [0.1, 0.15) is 49.3 Å². The first-order chi connectivity index (χ1) is 21.6. The van der Waals surface area contributed by atoms with E-state index in [4.69, 9.17) is 0 Å². The number of halogens is 3. The summed E-state index contributed by atoms with van der Waals surface area (Å²) in [7, 11) is 0. The summed E-state index contributed by atoms with van der Waals surface area (Å²) in [5, 5.41) is 8.13. The van der Waals surface area contributed by atoms with E-state index in [9.17, 15) is 18.0 Å². The Bertz CT molecular complexity index is 1640. The molecular weight excluding hydrogens is 601 g/mol. The first-order valence-corrected chi connectivity index (χ1v) is 15.8. The largest absolute Gasteiger partial charge is 0.573 e. The molecular formula is C33H35F3N6O2S. The topological polar surface area (TPSA) is 84.6 Å². The summed E-state index contributed by atoms with van der Waals surface area (Å²) in [6, 6.07) is 19.4. The minimum absolute atomic E-state index is 0.303. The van der Waals surface area contributed by atoms with Crippen molar-refractivity contribution >= 4 is 28.6 Å². The molecule has 0 saturated carbocycles. The predicted octanol–water partition coefficient (Wildman–Crippen LogP) is 7.91. The SMILES string of the molecule is Cc1ccc(C(C)C)c(N2CCCS/C2=N\C(=O)NCCCc2ccc(-c3ncn(-c4ccc(OC(F)(F)F)cc4)n3)cc2)c1. The van der Waals surface area contributed by atoms with Crippen LogP contribution in [0.25, 0.3) is 17.1 Å². The predicted molar refractivity (Wildman–Crippen MR) is 172 cm³/mol. The molecule has 5 rings (SSSR count). The highest BCUT2D eigenvalue weighted by atomic mass is 32.2. The van der Waals surface area contributed by atoms with Crippen LogP contribution in [0.2, 0.25) is 0 Å². The lowest BCUT2D eigenvalue weighted by Gasteiger charge is -2.32. The number of hydrogen-bond acceptors (Lipinski definition) is 5. The average molecular weight is 637 g/mol. The standard InChI is InChI=1S/C33H35F3N6O2S/c1-22(2)28-16-7-23(3)20-29(28)41-18-5-19-45-32(41)39-31(43)37-17-4-6-24-8-10-25(11-9-24)30-38-21-42(40-30)26-12-14-27(15-13-26)44-33(34,35)36/h7-16,20-22H,4-6,17-19H2,1-3H3,(H,37,43)/b39-32-. The molecule has 45 heavy (non-hydrogen) atoms. The summed E-state index contributed by atoms with van der Waals surface area (Å²) >= 11 is 1.62. The van der Waals surface area contributed by atoms with Crippen LogP contribution in [-0.2, 0) is 6.42 Å². The number of nitrogens with zero attached hydrogens (tertiary/aromatic N) is 5. The van der Waals surface area contributed by atoms with E-state index in [0.717, 1.165) is 53.5 Å². The monoisotopic (exact) mass is 636 g/mol. The van der Waals surface area contributed by atoms with Gasteiger partial charge in [-0.05, 0) is 79.1 Å². The summed E-state index contributed by atoms with van der Waals surface area (Å²) in [6.07, 6.45) is -0.681. The second-order valence-electron chi connectivity index (χ2n) is 11.1. The Kier molecular flexibility index (Phi) is 10.1. The molecule has 0 atom stereocenters. The lowest BCUT2D eigenvalue weighted by molar-refractivity contribution is -0.274.